The van der Waals surface area contributed by atoms with Gasteiger partial charge in [-0.2, -0.15) is 0 Å². The Labute approximate surface area is 66.4 Å². The van der Waals surface area contributed by atoms with Crippen LogP contribution in [0.15, 0.2) is 17.7 Å². The van der Waals surface area contributed by atoms with Crippen LogP contribution in [0.2, 0.25) is 0 Å². The summed E-state index contributed by atoms with van der Waals surface area (Å²) in [5, 5.41) is 6.90. The molecule has 3 nitrogen and oxygen atoms in total. The summed E-state index contributed by atoms with van der Waals surface area (Å²) in [6, 6.07) is 0. The van der Waals surface area contributed by atoms with Crippen LogP contribution in [0.1, 0.15) is 25.3 Å². The number of rotatable bonds is 2. The third kappa shape index (κ3) is 2.37. The SMILES string of the molecule is C=Cc1nnoc1C=C.CC. The van der Waals surface area contributed by atoms with Crippen molar-refractivity contribution >= 4 is 12.2 Å². The van der Waals surface area contributed by atoms with Gasteiger partial charge in [0.15, 0.2) is 5.76 Å². The van der Waals surface area contributed by atoms with Gasteiger partial charge in [0.05, 0.1) is 0 Å². The molecule has 3 heteroatoms. The highest BCUT2D eigenvalue weighted by Gasteiger charge is 1.99. The molecule has 11 heavy (non-hydrogen) atoms. The third-order valence-corrected chi connectivity index (χ3v) is 0.919. The van der Waals surface area contributed by atoms with Gasteiger partial charge in [0, 0.05) is 5.27 Å². The maximum absolute atomic E-state index is 4.65. The minimum atomic E-state index is 0.560. The Bertz CT molecular complexity index is 205. The fraction of sp³-hybridized carbons (Fsp3) is 0.250. The highest BCUT2D eigenvalue weighted by atomic mass is 16.5. The standard InChI is InChI=1S/C6H6N2O.C2H6/c1-3-5-6(4-2)9-8-7-5;1-2/h3-4H,1-2H2;1-2H3. The zero-order valence-corrected chi connectivity index (χ0v) is 6.87. The van der Waals surface area contributed by atoms with Crippen molar-refractivity contribution in [2.24, 2.45) is 0 Å². The van der Waals surface area contributed by atoms with Crippen LogP contribution in [0.4, 0.5) is 0 Å². The van der Waals surface area contributed by atoms with Crippen molar-refractivity contribution < 1.29 is 4.52 Å². The lowest BCUT2D eigenvalue weighted by Crippen LogP contribution is -1.72. The Kier molecular flexibility index (Phi) is 4.73. The molecule has 0 unspecified atom stereocenters. The molecule has 0 N–H and O–H groups in total. The van der Waals surface area contributed by atoms with Crippen LogP contribution >= 0.6 is 0 Å². The molecule has 0 bridgehead atoms. The molecule has 0 aliphatic rings. The molecule has 0 saturated heterocycles. The molecule has 60 valence electrons. The van der Waals surface area contributed by atoms with Crippen LogP contribution in [0.25, 0.3) is 12.2 Å². The lowest BCUT2D eigenvalue weighted by Gasteiger charge is -1.78. The van der Waals surface area contributed by atoms with E-state index in [9.17, 15) is 0 Å². The molecule has 0 radical (unpaired) electrons. The molecule has 0 aliphatic carbocycles. The molecule has 0 aromatic carbocycles. The molecule has 1 aromatic heterocycles. The molecule has 0 fully saturated rings. The van der Waals surface area contributed by atoms with E-state index >= 15 is 0 Å². The van der Waals surface area contributed by atoms with Crippen molar-refractivity contribution in [2.45, 2.75) is 13.8 Å². The van der Waals surface area contributed by atoms with Gasteiger partial charge >= 0.3 is 0 Å². The number of hydrogen-bond acceptors (Lipinski definition) is 3. The van der Waals surface area contributed by atoms with E-state index < -0.39 is 0 Å². The zero-order chi connectivity index (χ0) is 8.69. The van der Waals surface area contributed by atoms with Gasteiger partial charge in [-0.3, -0.25) is 0 Å². The van der Waals surface area contributed by atoms with E-state index in [1.165, 1.54) is 6.08 Å². The van der Waals surface area contributed by atoms with Gasteiger partial charge in [0.1, 0.15) is 5.69 Å². The smallest absolute Gasteiger partial charge is 0.186 e. The second kappa shape index (κ2) is 5.41. The number of aromatic nitrogens is 2. The van der Waals surface area contributed by atoms with Crippen molar-refractivity contribution in [3.8, 4) is 0 Å². The van der Waals surface area contributed by atoms with Gasteiger partial charge in [0.2, 0.25) is 0 Å². The van der Waals surface area contributed by atoms with Gasteiger partial charge in [0.25, 0.3) is 0 Å². The lowest BCUT2D eigenvalue weighted by atomic mass is 10.3. The monoisotopic (exact) mass is 152 g/mol. The summed E-state index contributed by atoms with van der Waals surface area (Å²) in [6.45, 7) is 11.0. The largest absolute Gasteiger partial charge is 0.337 e. The normalized spacial score (nSPS) is 7.82. The number of hydrogen-bond donors (Lipinski definition) is 0. The molecule has 0 spiro atoms. The molecule has 1 aromatic rings. The highest BCUT2D eigenvalue weighted by Crippen LogP contribution is 2.05. The molecule has 1 heterocycles. The summed E-state index contributed by atoms with van der Waals surface area (Å²) >= 11 is 0. The summed E-state index contributed by atoms with van der Waals surface area (Å²) < 4.78 is 4.65. The van der Waals surface area contributed by atoms with Crippen molar-refractivity contribution in [1.82, 2.24) is 10.4 Å². The van der Waals surface area contributed by atoms with E-state index in [1.54, 1.807) is 6.08 Å². The third-order valence-electron chi connectivity index (χ3n) is 0.919. The fourth-order valence-corrected chi connectivity index (χ4v) is 0.488. The quantitative estimate of drug-likeness (QED) is 0.653. The highest BCUT2D eigenvalue weighted by molar-refractivity contribution is 5.54. The van der Waals surface area contributed by atoms with Crippen LogP contribution in [-0.2, 0) is 0 Å². The van der Waals surface area contributed by atoms with Gasteiger partial charge in [-0.1, -0.05) is 27.0 Å². The van der Waals surface area contributed by atoms with E-state index in [0.717, 1.165) is 0 Å². The summed E-state index contributed by atoms with van der Waals surface area (Å²) in [7, 11) is 0. The van der Waals surface area contributed by atoms with E-state index in [0.29, 0.717) is 11.5 Å². The van der Waals surface area contributed by atoms with Gasteiger partial charge in [-0.25, -0.2) is 0 Å². The predicted molar refractivity (Wildman–Crippen MR) is 45.8 cm³/mol. The van der Waals surface area contributed by atoms with Gasteiger partial charge in [-0.05, 0) is 12.2 Å². The van der Waals surface area contributed by atoms with Crippen molar-refractivity contribution in [1.29, 1.82) is 0 Å². The fourth-order valence-electron chi connectivity index (χ4n) is 0.488. The zero-order valence-electron chi connectivity index (χ0n) is 6.87. The lowest BCUT2D eigenvalue weighted by molar-refractivity contribution is 0.387. The van der Waals surface area contributed by atoms with Crippen LogP contribution in [0, 0.1) is 0 Å². The summed E-state index contributed by atoms with van der Waals surface area (Å²) in [4.78, 5) is 0. The maximum Gasteiger partial charge on any atom is 0.186 e. The first-order valence-corrected chi connectivity index (χ1v) is 3.45. The van der Waals surface area contributed by atoms with Gasteiger partial charge < -0.3 is 4.52 Å². The Morgan fingerprint density at radius 3 is 2.27 bits per heavy atom. The van der Waals surface area contributed by atoms with Crippen molar-refractivity contribution in [3.63, 3.8) is 0 Å². The summed E-state index contributed by atoms with van der Waals surface area (Å²) in [6.07, 6.45) is 3.10. The molecular formula is C8H12N2O. The molecule has 0 atom stereocenters. The Balaban J connectivity index is 0.000000461. The van der Waals surface area contributed by atoms with Crippen LogP contribution in [0.5, 0.6) is 0 Å². The van der Waals surface area contributed by atoms with Gasteiger partial charge in [-0.15, -0.1) is 5.10 Å². The number of nitrogens with zero attached hydrogens (tertiary/aromatic N) is 2. The topological polar surface area (TPSA) is 38.9 Å². The minimum Gasteiger partial charge on any atom is -0.337 e. The average molecular weight is 152 g/mol. The predicted octanol–water partition coefficient (Wildman–Crippen LogP) is 2.38. The second-order valence-electron chi connectivity index (χ2n) is 1.43. The second-order valence-corrected chi connectivity index (χ2v) is 1.43. The summed E-state index contributed by atoms with van der Waals surface area (Å²) in [5.74, 6) is 0.560. The Hall–Kier alpha value is -1.38. The first kappa shape index (κ1) is 9.62. The minimum absolute atomic E-state index is 0.560. The average Bonchev–Trinajstić information content (AvgIpc) is 2.54. The first-order valence-electron chi connectivity index (χ1n) is 3.45. The molecule has 1 rings (SSSR count). The van der Waals surface area contributed by atoms with Crippen LogP contribution in [-0.4, -0.2) is 10.4 Å². The Morgan fingerprint density at radius 2 is 1.91 bits per heavy atom. The summed E-state index contributed by atoms with van der Waals surface area (Å²) in [5.41, 5.74) is 0.630. The first-order chi connectivity index (χ1) is 5.38. The van der Waals surface area contributed by atoms with Crippen LogP contribution < -0.4 is 0 Å². The molecule has 0 saturated carbocycles. The Morgan fingerprint density at radius 1 is 1.27 bits per heavy atom. The van der Waals surface area contributed by atoms with E-state index in [-0.39, 0.29) is 0 Å². The maximum atomic E-state index is 4.65. The van der Waals surface area contributed by atoms with E-state index in [4.69, 9.17) is 0 Å². The van der Waals surface area contributed by atoms with Crippen molar-refractivity contribution in [2.75, 3.05) is 0 Å². The van der Waals surface area contributed by atoms with Crippen molar-refractivity contribution in [3.05, 3.63) is 24.6 Å². The molecular weight excluding hydrogens is 140 g/mol. The molecule has 0 amide bonds. The van der Waals surface area contributed by atoms with Crippen LogP contribution in [0.3, 0.4) is 0 Å². The molecule has 0 aliphatic heterocycles. The van der Waals surface area contributed by atoms with E-state index in [2.05, 4.69) is 28.1 Å². The van der Waals surface area contributed by atoms with E-state index in [1.807, 2.05) is 13.8 Å².